The monoisotopic (exact) mass is 302 g/mol. The van der Waals surface area contributed by atoms with Gasteiger partial charge in [-0.15, -0.1) is 0 Å². The van der Waals surface area contributed by atoms with Crippen LogP contribution in [-0.2, 0) is 6.42 Å². The highest BCUT2D eigenvalue weighted by Gasteiger charge is 2.06. The molecule has 0 aliphatic rings. The Hall–Kier alpha value is -2.56. The lowest BCUT2D eigenvalue weighted by Gasteiger charge is -2.12. The van der Waals surface area contributed by atoms with Crippen LogP contribution in [0.15, 0.2) is 48.5 Å². The van der Waals surface area contributed by atoms with Crippen LogP contribution >= 0.6 is 0 Å². The van der Waals surface area contributed by atoms with Gasteiger partial charge in [0.2, 0.25) is 0 Å². The number of hydrogen-bond donors (Lipinski definition) is 2. The van der Waals surface area contributed by atoms with Gasteiger partial charge in [-0.25, -0.2) is 9.18 Å². The molecule has 116 valence electrons. The zero-order valence-electron chi connectivity index (χ0n) is 12.4. The lowest BCUT2D eigenvalue weighted by atomic mass is 10.1. The van der Waals surface area contributed by atoms with E-state index in [1.54, 1.807) is 18.2 Å². The van der Waals surface area contributed by atoms with Gasteiger partial charge in [-0.1, -0.05) is 24.3 Å². The molecule has 2 N–H and O–H groups in total. The Morgan fingerprint density at radius 3 is 2.77 bits per heavy atom. The number of anilines is 1. The van der Waals surface area contributed by atoms with Crippen molar-refractivity contribution in [1.29, 1.82) is 0 Å². The minimum atomic E-state index is -0.316. The van der Waals surface area contributed by atoms with Crippen LogP contribution in [0.1, 0.15) is 12.5 Å². The smallest absolute Gasteiger partial charge is 0.319 e. The molecule has 0 heterocycles. The molecule has 0 atom stereocenters. The van der Waals surface area contributed by atoms with Crippen molar-refractivity contribution in [3.05, 3.63) is 59.9 Å². The highest BCUT2D eigenvalue weighted by molar-refractivity contribution is 5.90. The number of nitrogens with one attached hydrogen (secondary N) is 2. The zero-order chi connectivity index (χ0) is 15.8. The third kappa shape index (κ3) is 4.77. The van der Waals surface area contributed by atoms with Crippen molar-refractivity contribution in [2.24, 2.45) is 0 Å². The summed E-state index contributed by atoms with van der Waals surface area (Å²) in [6, 6.07) is 13.3. The van der Waals surface area contributed by atoms with E-state index in [-0.39, 0.29) is 11.8 Å². The van der Waals surface area contributed by atoms with Gasteiger partial charge in [0, 0.05) is 6.54 Å². The van der Waals surface area contributed by atoms with Crippen molar-refractivity contribution in [3.63, 3.8) is 0 Å². The Bertz CT molecular complexity index is 632. The fourth-order valence-corrected chi connectivity index (χ4v) is 2.03. The Kier molecular flexibility index (Phi) is 5.77. The van der Waals surface area contributed by atoms with Gasteiger partial charge >= 0.3 is 6.03 Å². The summed E-state index contributed by atoms with van der Waals surface area (Å²) in [4.78, 5) is 11.9. The number of carbonyl (C=O) groups is 1. The van der Waals surface area contributed by atoms with E-state index in [9.17, 15) is 9.18 Å². The molecule has 0 saturated heterocycles. The molecule has 2 rings (SSSR count). The van der Waals surface area contributed by atoms with Crippen LogP contribution in [-0.4, -0.2) is 19.2 Å². The first-order chi connectivity index (χ1) is 10.7. The van der Waals surface area contributed by atoms with Gasteiger partial charge in [-0.3, -0.25) is 0 Å². The van der Waals surface area contributed by atoms with Crippen LogP contribution in [0.2, 0.25) is 0 Å². The molecule has 5 heteroatoms. The standard InChI is InChI=1S/C17H19FN2O2/c1-2-22-16-9-4-3-8-15(16)20-17(21)19-11-10-13-6-5-7-14(18)12-13/h3-9,12H,2,10-11H2,1H3,(H2,19,20,21). The predicted octanol–water partition coefficient (Wildman–Crippen LogP) is 3.59. The summed E-state index contributed by atoms with van der Waals surface area (Å²) in [6.07, 6.45) is 0.568. The molecule has 0 bridgehead atoms. The van der Waals surface area contributed by atoms with Gasteiger partial charge in [-0.2, -0.15) is 0 Å². The third-order valence-corrected chi connectivity index (χ3v) is 3.02. The Morgan fingerprint density at radius 1 is 1.18 bits per heavy atom. The zero-order valence-corrected chi connectivity index (χ0v) is 12.4. The summed E-state index contributed by atoms with van der Waals surface area (Å²) in [7, 11) is 0. The molecule has 0 aliphatic carbocycles. The molecule has 0 aromatic heterocycles. The van der Waals surface area contributed by atoms with E-state index in [0.717, 1.165) is 5.56 Å². The average Bonchev–Trinajstić information content (AvgIpc) is 2.49. The maximum Gasteiger partial charge on any atom is 0.319 e. The Labute approximate surface area is 129 Å². The molecule has 2 amide bonds. The highest BCUT2D eigenvalue weighted by atomic mass is 19.1. The van der Waals surface area contributed by atoms with E-state index in [2.05, 4.69) is 10.6 Å². The molecule has 0 spiro atoms. The predicted molar refractivity (Wildman–Crippen MR) is 84.7 cm³/mol. The lowest BCUT2D eigenvalue weighted by molar-refractivity contribution is 0.252. The summed E-state index contributed by atoms with van der Waals surface area (Å²) in [5.74, 6) is 0.359. The highest BCUT2D eigenvalue weighted by Crippen LogP contribution is 2.23. The van der Waals surface area contributed by atoms with Crippen molar-refractivity contribution in [1.82, 2.24) is 5.32 Å². The van der Waals surface area contributed by atoms with Crippen molar-refractivity contribution in [2.45, 2.75) is 13.3 Å². The van der Waals surface area contributed by atoms with Crippen molar-refractivity contribution >= 4 is 11.7 Å². The SMILES string of the molecule is CCOc1ccccc1NC(=O)NCCc1cccc(F)c1. The lowest BCUT2D eigenvalue weighted by Crippen LogP contribution is -2.30. The van der Waals surface area contributed by atoms with E-state index in [1.807, 2.05) is 25.1 Å². The number of amides is 2. The van der Waals surface area contributed by atoms with Gasteiger partial charge in [0.25, 0.3) is 0 Å². The quantitative estimate of drug-likeness (QED) is 0.856. The van der Waals surface area contributed by atoms with E-state index < -0.39 is 0 Å². The number of hydrogen-bond acceptors (Lipinski definition) is 2. The maximum absolute atomic E-state index is 13.0. The number of ether oxygens (including phenoxy) is 1. The molecule has 2 aromatic carbocycles. The van der Waals surface area contributed by atoms with Gasteiger partial charge in [0.1, 0.15) is 11.6 Å². The van der Waals surface area contributed by atoms with Crippen LogP contribution in [0, 0.1) is 5.82 Å². The maximum atomic E-state index is 13.0. The fraction of sp³-hybridized carbons (Fsp3) is 0.235. The topological polar surface area (TPSA) is 50.4 Å². The van der Waals surface area contributed by atoms with Crippen LogP contribution in [0.5, 0.6) is 5.75 Å². The van der Waals surface area contributed by atoms with Crippen LogP contribution in [0.25, 0.3) is 0 Å². The fourth-order valence-electron chi connectivity index (χ4n) is 2.03. The molecular formula is C17H19FN2O2. The number of halogens is 1. The summed E-state index contributed by atoms with van der Waals surface area (Å²) in [6.45, 7) is 2.84. The normalized spacial score (nSPS) is 10.1. The number of carbonyl (C=O) groups excluding carboxylic acids is 1. The number of para-hydroxylation sites is 2. The van der Waals surface area contributed by atoms with Crippen molar-refractivity contribution < 1.29 is 13.9 Å². The van der Waals surface area contributed by atoms with E-state index in [0.29, 0.717) is 31.0 Å². The number of benzene rings is 2. The molecule has 0 fully saturated rings. The van der Waals surface area contributed by atoms with Crippen LogP contribution < -0.4 is 15.4 Å². The van der Waals surface area contributed by atoms with Gasteiger partial charge in [-0.05, 0) is 43.2 Å². The van der Waals surface area contributed by atoms with Crippen LogP contribution in [0.3, 0.4) is 0 Å². The molecule has 0 saturated carbocycles. The second-order valence-electron chi connectivity index (χ2n) is 4.69. The first-order valence-corrected chi connectivity index (χ1v) is 7.20. The minimum Gasteiger partial charge on any atom is -0.492 e. The van der Waals surface area contributed by atoms with Gasteiger partial charge in [0.05, 0.1) is 12.3 Å². The summed E-state index contributed by atoms with van der Waals surface area (Å²) in [5, 5.41) is 5.48. The molecule has 0 radical (unpaired) electrons. The molecular weight excluding hydrogens is 283 g/mol. The first kappa shape index (κ1) is 15.8. The average molecular weight is 302 g/mol. The van der Waals surface area contributed by atoms with Gasteiger partial charge in [0.15, 0.2) is 0 Å². The summed E-state index contributed by atoms with van der Waals surface area (Å²) < 4.78 is 18.5. The van der Waals surface area contributed by atoms with Crippen molar-refractivity contribution in [3.8, 4) is 5.75 Å². The number of urea groups is 1. The molecule has 0 unspecified atom stereocenters. The van der Waals surface area contributed by atoms with E-state index in [4.69, 9.17) is 4.74 Å². The van der Waals surface area contributed by atoms with Gasteiger partial charge < -0.3 is 15.4 Å². The second-order valence-corrected chi connectivity index (χ2v) is 4.69. The largest absolute Gasteiger partial charge is 0.492 e. The van der Waals surface area contributed by atoms with E-state index >= 15 is 0 Å². The second kappa shape index (κ2) is 8.02. The van der Waals surface area contributed by atoms with Crippen LogP contribution in [0.4, 0.5) is 14.9 Å². The Balaban J connectivity index is 1.83. The Morgan fingerprint density at radius 2 is 2.00 bits per heavy atom. The summed E-state index contributed by atoms with van der Waals surface area (Å²) >= 11 is 0. The number of rotatable bonds is 6. The van der Waals surface area contributed by atoms with E-state index in [1.165, 1.54) is 12.1 Å². The molecule has 2 aromatic rings. The molecule has 4 nitrogen and oxygen atoms in total. The molecule has 22 heavy (non-hydrogen) atoms. The first-order valence-electron chi connectivity index (χ1n) is 7.20. The minimum absolute atomic E-state index is 0.271. The summed E-state index contributed by atoms with van der Waals surface area (Å²) in [5.41, 5.74) is 1.46. The van der Waals surface area contributed by atoms with Crippen molar-refractivity contribution in [2.75, 3.05) is 18.5 Å². The molecule has 0 aliphatic heterocycles. The third-order valence-electron chi connectivity index (χ3n) is 3.02.